The molecule has 0 spiro atoms. The second kappa shape index (κ2) is 5.12. The van der Waals surface area contributed by atoms with Crippen molar-refractivity contribution >= 4 is 11.6 Å². The highest BCUT2D eigenvalue weighted by atomic mass is 16.2. The van der Waals surface area contributed by atoms with Crippen LogP contribution < -0.4 is 4.90 Å². The lowest BCUT2D eigenvalue weighted by Crippen LogP contribution is -2.33. The Balaban J connectivity index is 1.97. The molecule has 20 heavy (non-hydrogen) atoms. The van der Waals surface area contributed by atoms with Crippen LogP contribution in [0.25, 0.3) is 0 Å². The number of hydrogen-bond donors (Lipinski definition) is 0. The molecule has 1 atom stereocenters. The minimum atomic E-state index is 0.212. The minimum Gasteiger partial charge on any atom is -0.315 e. The zero-order chi connectivity index (χ0) is 14.1. The van der Waals surface area contributed by atoms with Crippen molar-refractivity contribution in [3.63, 3.8) is 0 Å². The molecule has 0 fully saturated rings. The molecule has 0 saturated carbocycles. The molecule has 1 unspecified atom stereocenters. The Morgan fingerprint density at radius 1 is 1.15 bits per heavy atom. The molecular formula is C18H19NO. The molecular weight excluding hydrogens is 246 g/mol. The number of hydrogen-bond acceptors (Lipinski definition) is 1. The highest BCUT2D eigenvalue weighted by Gasteiger charge is 2.29. The number of nitrogens with zero attached hydrogens (tertiary/aromatic N) is 1. The summed E-state index contributed by atoms with van der Waals surface area (Å²) in [7, 11) is 1.87. The zero-order valence-electron chi connectivity index (χ0n) is 12.0. The van der Waals surface area contributed by atoms with E-state index in [-0.39, 0.29) is 11.8 Å². The first-order valence-corrected chi connectivity index (χ1v) is 7.06. The molecule has 0 N–H and O–H groups in total. The third-order valence-electron chi connectivity index (χ3n) is 4.11. The van der Waals surface area contributed by atoms with Crippen LogP contribution in [0.3, 0.4) is 0 Å². The molecule has 2 aromatic carbocycles. The smallest absolute Gasteiger partial charge is 0.227 e. The number of rotatable bonds is 2. The van der Waals surface area contributed by atoms with Crippen molar-refractivity contribution in [1.29, 1.82) is 0 Å². The van der Waals surface area contributed by atoms with Crippen LogP contribution in [0.2, 0.25) is 0 Å². The fourth-order valence-electron chi connectivity index (χ4n) is 2.96. The molecule has 1 aliphatic rings. The molecule has 2 nitrogen and oxygen atoms in total. The fraction of sp³-hybridized carbons (Fsp3) is 0.278. The monoisotopic (exact) mass is 265 g/mol. The van der Waals surface area contributed by atoms with Crippen LogP contribution in [0.4, 0.5) is 5.69 Å². The molecule has 3 rings (SSSR count). The summed E-state index contributed by atoms with van der Waals surface area (Å²) in [6, 6.07) is 16.9. The molecule has 2 heteroatoms. The molecule has 0 aromatic heterocycles. The van der Waals surface area contributed by atoms with Crippen LogP contribution in [-0.4, -0.2) is 13.0 Å². The van der Waals surface area contributed by atoms with Crippen molar-refractivity contribution in [1.82, 2.24) is 0 Å². The van der Waals surface area contributed by atoms with Crippen LogP contribution in [0, 0.1) is 6.92 Å². The summed E-state index contributed by atoms with van der Waals surface area (Å²) in [5.41, 5.74) is 4.86. The molecule has 2 aromatic rings. The molecule has 0 saturated heterocycles. The normalized spacial score (nSPS) is 18.0. The highest BCUT2D eigenvalue weighted by Crippen LogP contribution is 2.37. The van der Waals surface area contributed by atoms with Crippen molar-refractivity contribution in [2.24, 2.45) is 0 Å². The summed E-state index contributed by atoms with van der Waals surface area (Å²) in [5, 5.41) is 0. The Labute approximate surface area is 120 Å². The van der Waals surface area contributed by atoms with Gasteiger partial charge in [0.25, 0.3) is 0 Å². The Morgan fingerprint density at radius 2 is 1.90 bits per heavy atom. The predicted molar refractivity (Wildman–Crippen MR) is 82.1 cm³/mol. The standard InChI is InChI=1S/C18H19NO/c1-13-8-9-16-15(11-14-6-4-3-5-7-14)12-18(20)19(2)17(16)10-13/h3-10,15H,11-12H2,1-2H3. The van der Waals surface area contributed by atoms with Gasteiger partial charge in [-0.1, -0.05) is 42.5 Å². The Morgan fingerprint density at radius 3 is 2.65 bits per heavy atom. The van der Waals surface area contributed by atoms with E-state index in [0.717, 1.165) is 12.1 Å². The van der Waals surface area contributed by atoms with Crippen molar-refractivity contribution in [2.45, 2.75) is 25.7 Å². The van der Waals surface area contributed by atoms with Gasteiger partial charge < -0.3 is 4.90 Å². The number of anilines is 1. The number of fused-ring (bicyclic) bond motifs is 1. The molecule has 1 amide bonds. The number of benzene rings is 2. The summed E-state index contributed by atoms with van der Waals surface area (Å²) in [6.45, 7) is 2.07. The van der Waals surface area contributed by atoms with Gasteiger partial charge in [0, 0.05) is 19.2 Å². The van der Waals surface area contributed by atoms with Crippen LogP contribution in [-0.2, 0) is 11.2 Å². The van der Waals surface area contributed by atoms with Gasteiger partial charge in [0.15, 0.2) is 0 Å². The zero-order valence-corrected chi connectivity index (χ0v) is 12.0. The van der Waals surface area contributed by atoms with Gasteiger partial charge in [-0.05, 0) is 42.0 Å². The van der Waals surface area contributed by atoms with Gasteiger partial charge in [-0.25, -0.2) is 0 Å². The average molecular weight is 265 g/mol. The van der Waals surface area contributed by atoms with Gasteiger partial charge in [-0.15, -0.1) is 0 Å². The van der Waals surface area contributed by atoms with Gasteiger partial charge in [0.2, 0.25) is 5.91 Å². The SMILES string of the molecule is Cc1ccc2c(c1)N(C)C(=O)CC2Cc1ccccc1. The van der Waals surface area contributed by atoms with E-state index < -0.39 is 0 Å². The van der Waals surface area contributed by atoms with Crippen molar-refractivity contribution in [2.75, 3.05) is 11.9 Å². The van der Waals surface area contributed by atoms with E-state index in [9.17, 15) is 4.79 Å². The average Bonchev–Trinajstić information content (AvgIpc) is 2.45. The van der Waals surface area contributed by atoms with Crippen molar-refractivity contribution in [3.05, 3.63) is 65.2 Å². The summed E-state index contributed by atoms with van der Waals surface area (Å²) in [4.78, 5) is 14.0. The van der Waals surface area contributed by atoms with E-state index in [4.69, 9.17) is 0 Å². The minimum absolute atomic E-state index is 0.212. The second-order valence-electron chi connectivity index (χ2n) is 5.61. The lowest BCUT2D eigenvalue weighted by molar-refractivity contribution is -0.119. The molecule has 0 radical (unpaired) electrons. The van der Waals surface area contributed by atoms with E-state index in [1.807, 2.05) is 13.1 Å². The number of aryl methyl sites for hydroxylation is 1. The highest BCUT2D eigenvalue weighted by molar-refractivity contribution is 5.96. The van der Waals surface area contributed by atoms with E-state index in [0.29, 0.717) is 6.42 Å². The third kappa shape index (κ3) is 2.34. The van der Waals surface area contributed by atoms with Crippen LogP contribution >= 0.6 is 0 Å². The molecule has 0 aliphatic carbocycles. The molecule has 1 aliphatic heterocycles. The molecule has 102 valence electrons. The maximum absolute atomic E-state index is 12.2. The van der Waals surface area contributed by atoms with E-state index in [1.165, 1.54) is 16.7 Å². The van der Waals surface area contributed by atoms with Gasteiger partial charge >= 0.3 is 0 Å². The largest absolute Gasteiger partial charge is 0.315 e. The predicted octanol–water partition coefficient (Wildman–Crippen LogP) is 3.69. The Kier molecular flexibility index (Phi) is 3.31. The van der Waals surface area contributed by atoms with E-state index >= 15 is 0 Å². The summed E-state index contributed by atoms with van der Waals surface area (Å²) in [6.07, 6.45) is 1.53. The van der Waals surface area contributed by atoms with Gasteiger partial charge in [0.05, 0.1) is 0 Å². The van der Waals surface area contributed by atoms with Crippen LogP contribution in [0.1, 0.15) is 29.0 Å². The first kappa shape index (κ1) is 12.9. The van der Waals surface area contributed by atoms with E-state index in [2.05, 4.69) is 49.4 Å². The summed E-state index contributed by atoms with van der Waals surface area (Å²) in [5.74, 6) is 0.501. The number of carbonyl (C=O) groups is 1. The van der Waals surface area contributed by atoms with Crippen LogP contribution in [0.5, 0.6) is 0 Å². The first-order chi connectivity index (χ1) is 9.65. The van der Waals surface area contributed by atoms with E-state index in [1.54, 1.807) is 4.90 Å². The molecule has 1 heterocycles. The van der Waals surface area contributed by atoms with Gasteiger partial charge in [0.1, 0.15) is 0 Å². The van der Waals surface area contributed by atoms with Gasteiger partial charge in [-0.2, -0.15) is 0 Å². The van der Waals surface area contributed by atoms with Gasteiger partial charge in [-0.3, -0.25) is 4.79 Å². The number of carbonyl (C=O) groups excluding carboxylic acids is 1. The topological polar surface area (TPSA) is 20.3 Å². The first-order valence-electron chi connectivity index (χ1n) is 7.06. The fourth-order valence-corrected chi connectivity index (χ4v) is 2.96. The Bertz CT molecular complexity index is 633. The second-order valence-corrected chi connectivity index (χ2v) is 5.61. The maximum atomic E-state index is 12.2. The third-order valence-corrected chi connectivity index (χ3v) is 4.11. The lowest BCUT2D eigenvalue weighted by atomic mass is 9.84. The summed E-state index contributed by atoms with van der Waals surface area (Å²) >= 11 is 0. The van der Waals surface area contributed by atoms with Crippen molar-refractivity contribution < 1.29 is 4.79 Å². The maximum Gasteiger partial charge on any atom is 0.227 e. The quantitative estimate of drug-likeness (QED) is 0.811. The summed E-state index contributed by atoms with van der Waals surface area (Å²) < 4.78 is 0. The van der Waals surface area contributed by atoms with Crippen LogP contribution in [0.15, 0.2) is 48.5 Å². The Hall–Kier alpha value is -2.09. The molecule has 0 bridgehead atoms. The number of amides is 1. The van der Waals surface area contributed by atoms with Crippen molar-refractivity contribution in [3.8, 4) is 0 Å². The lowest BCUT2D eigenvalue weighted by Gasteiger charge is -2.32.